The lowest BCUT2D eigenvalue weighted by molar-refractivity contribution is -0.227. The van der Waals surface area contributed by atoms with E-state index in [0.717, 1.165) is 71.3 Å². The summed E-state index contributed by atoms with van der Waals surface area (Å²) in [7, 11) is 0. The molecule has 0 aliphatic heterocycles. The van der Waals surface area contributed by atoms with E-state index in [2.05, 4.69) is 20.8 Å². The molecule has 4 fully saturated rings. The van der Waals surface area contributed by atoms with Crippen LogP contribution in [0.25, 0.3) is 0 Å². The lowest BCUT2D eigenvalue weighted by Gasteiger charge is -2.65. The van der Waals surface area contributed by atoms with Crippen molar-refractivity contribution in [2.45, 2.75) is 116 Å². The molecule has 0 spiro atoms. The minimum atomic E-state index is 0.172. The third-order valence-corrected chi connectivity index (χ3v) is 12.4. The minimum absolute atomic E-state index is 0.172. The summed E-state index contributed by atoms with van der Waals surface area (Å²) in [5.41, 5.74) is 24.0. The Bertz CT molecular complexity index is 757. The number of ether oxygens (including phenoxy) is 3. The van der Waals surface area contributed by atoms with Crippen LogP contribution in [0, 0.1) is 46.3 Å². The van der Waals surface area contributed by atoms with Crippen molar-refractivity contribution in [3.05, 3.63) is 0 Å². The van der Waals surface area contributed by atoms with Crippen LogP contribution >= 0.6 is 0 Å². The Morgan fingerprint density at radius 1 is 0.725 bits per heavy atom. The fourth-order valence-electron chi connectivity index (χ4n) is 10.2. The number of fused-ring (bicyclic) bond motifs is 5. The summed E-state index contributed by atoms with van der Waals surface area (Å²) in [6.07, 6.45) is 14.6. The molecule has 4 aliphatic carbocycles. The third kappa shape index (κ3) is 6.61. The molecule has 0 aromatic carbocycles. The van der Waals surface area contributed by atoms with E-state index >= 15 is 0 Å². The SMILES string of the molecule is C[C@H](CCCN)[C@H]1CC[C@H]2C3[C@H](OCCCN)CC4C[C@H](OCCCN)CC[C@]4(C)[C@H]3C[C@H](OCCCN)C12C. The molecule has 7 heteroatoms. The first kappa shape index (κ1) is 32.6. The van der Waals surface area contributed by atoms with Gasteiger partial charge in [0.2, 0.25) is 0 Å². The van der Waals surface area contributed by atoms with E-state index in [9.17, 15) is 0 Å². The Balaban J connectivity index is 1.64. The van der Waals surface area contributed by atoms with Gasteiger partial charge < -0.3 is 37.1 Å². The van der Waals surface area contributed by atoms with Crippen LogP contribution < -0.4 is 22.9 Å². The standard InChI is InChI=1S/C33H64N4O3/c1-23(8-4-13-34)26-9-10-27-31-28(22-30(33(26,27)3)40-19-7-16-37)32(2)12-11-25(38-17-5-14-35)20-24(32)21-29(31)39-18-6-15-36/h23-31H,4-22,34-37H2,1-3H3/t23-,24?,25-,26-,27+,28+,29-,30+,31?,32+,33?/m1/s1. The van der Waals surface area contributed by atoms with Crippen LogP contribution in [0.3, 0.4) is 0 Å². The quantitative estimate of drug-likeness (QED) is 0.204. The topological polar surface area (TPSA) is 132 Å². The molecule has 8 N–H and O–H groups in total. The van der Waals surface area contributed by atoms with Crippen LogP contribution in [-0.2, 0) is 14.2 Å². The van der Waals surface area contributed by atoms with Crippen molar-refractivity contribution in [2.75, 3.05) is 46.0 Å². The average Bonchev–Trinajstić information content (AvgIpc) is 3.31. The van der Waals surface area contributed by atoms with Crippen molar-refractivity contribution in [3.8, 4) is 0 Å². The van der Waals surface area contributed by atoms with Gasteiger partial charge >= 0.3 is 0 Å². The van der Waals surface area contributed by atoms with E-state index in [1.165, 1.54) is 32.1 Å². The van der Waals surface area contributed by atoms with Crippen molar-refractivity contribution >= 4 is 0 Å². The van der Waals surface area contributed by atoms with Gasteiger partial charge in [0.25, 0.3) is 0 Å². The van der Waals surface area contributed by atoms with Crippen LogP contribution in [0.4, 0.5) is 0 Å². The van der Waals surface area contributed by atoms with E-state index < -0.39 is 0 Å². The maximum absolute atomic E-state index is 6.92. The Labute approximate surface area is 245 Å². The van der Waals surface area contributed by atoms with Gasteiger partial charge in [-0.1, -0.05) is 20.8 Å². The first-order valence-electron chi connectivity index (χ1n) is 17.0. The highest BCUT2D eigenvalue weighted by Crippen LogP contribution is 2.69. The summed E-state index contributed by atoms with van der Waals surface area (Å²) >= 11 is 0. The second-order valence-electron chi connectivity index (χ2n) is 14.4. The van der Waals surface area contributed by atoms with E-state index in [1.807, 2.05) is 0 Å². The summed E-state index contributed by atoms with van der Waals surface area (Å²) in [5.74, 6) is 3.83. The molecule has 40 heavy (non-hydrogen) atoms. The second-order valence-corrected chi connectivity index (χ2v) is 14.4. The van der Waals surface area contributed by atoms with Gasteiger partial charge in [-0.25, -0.2) is 0 Å². The van der Waals surface area contributed by atoms with E-state index in [4.69, 9.17) is 37.1 Å². The van der Waals surface area contributed by atoms with Gasteiger partial charge in [0.1, 0.15) is 0 Å². The predicted octanol–water partition coefficient (Wildman–Crippen LogP) is 4.44. The number of hydrogen-bond donors (Lipinski definition) is 4. The normalized spacial score (nSPS) is 41.8. The molecular formula is C33H64N4O3. The largest absolute Gasteiger partial charge is 0.378 e. The van der Waals surface area contributed by atoms with Crippen molar-refractivity contribution < 1.29 is 14.2 Å². The maximum atomic E-state index is 6.92. The molecule has 0 amide bonds. The Morgan fingerprint density at radius 3 is 2.05 bits per heavy atom. The van der Waals surface area contributed by atoms with Crippen molar-refractivity contribution in [3.63, 3.8) is 0 Å². The van der Waals surface area contributed by atoms with Gasteiger partial charge in [0.05, 0.1) is 18.3 Å². The van der Waals surface area contributed by atoms with Gasteiger partial charge in [-0.3, -0.25) is 0 Å². The fraction of sp³-hybridized carbons (Fsp3) is 1.00. The zero-order chi connectivity index (χ0) is 28.8. The Kier molecular flexibility index (Phi) is 12.2. The zero-order valence-electron chi connectivity index (χ0n) is 26.2. The number of nitrogens with two attached hydrogens (primary N) is 4. The van der Waals surface area contributed by atoms with Crippen molar-refractivity contribution in [1.29, 1.82) is 0 Å². The monoisotopic (exact) mass is 564 g/mol. The molecule has 4 saturated carbocycles. The summed E-state index contributed by atoms with van der Waals surface area (Å²) in [6, 6.07) is 0. The molecule has 11 atom stereocenters. The molecule has 0 heterocycles. The van der Waals surface area contributed by atoms with Crippen molar-refractivity contribution in [1.82, 2.24) is 0 Å². The summed E-state index contributed by atoms with van der Waals surface area (Å²) in [5, 5.41) is 0. The second kappa shape index (κ2) is 14.9. The average molecular weight is 565 g/mol. The summed E-state index contributed by atoms with van der Waals surface area (Å²) in [4.78, 5) is 0. The first-order chi connectivity index (χ1) is 19.3. The lowest BCUT2D eigenvalue weighted by Crippen LogP contribution is -2.63. The van der Waals surface area contributed by atoms with Gasteiger partial charge in [0.15, 0.2) is 0 Å². The molecule has 3 unspecified atom stereocenters. The maximum Gasteiger partial charge on any atom is 0.0637 e. The molecule has 7 nitrogen and oxygen atoms in total. The van der Waals surface area contributed by atoms with Crippen LogP contribution in [0.2, 0.25) is 0 Å². The highest BCUT2D eigenvalue weighted by molar-refractivity contribution is 5.15. The van der Waals surface area contributed by atoms with E-state index in [-0.39, 0.29) is 11.5 Å². The molecule has 0 aromatic heterocycles. The molecule has 4 aliphatic rings. The van der Waals surface area contributed by atoms with Gasteiger partial charge in [-0.15, -0.1) is 0 Å². The van der Waals surface area contributed by atoms with Crippen LogP contribution in [0.5, 0.6) is 0 Å². The Hall–Kier alpha value is -0.280. The molecule has 0 bridgehead atoms. The number of rotatable bonds is 16. The van der Waals surface area contributed by atoms with Crippen LogP contribution in [-0.4, -0.2) is 64.3 Å². The predicted molar refractivity (Wildman–Crippen MR) is 164 cm³/mol. The molecule has 234 valence electrons. The third-order valence-electron chi connectivity index (χ3n) is 12.4. The van der Waals surface area contributed by atoms with E-state index in [1.54, 1.807) is 0 Å². The van der Waals surface area contributed by atoms with E-state index in [0.29, 0.717) is 72.8 Å². The first-order valence-corrected chi connectivity index (χ1v) is 17.0. The van der Waals surface area contributed by atoms with Crippen LogP contribution in [0.15, 0.2) is 0 Å². The highest BCUT2D eigenvalue weighted by atomic mass is 16.5. The summed E-state index contributed by atoms with van der Waals surface area (Å²) in [6.45, 7) is 12.9. The zero-order valence-corrected chi connectivity index (χ0v) is 26.2. The smallest absolute Gasteiger partial charge is 0.0637 e. The Morgan fingerprint density at radius 2 is 1.38 bits per heavy atom. The van der Waals surface area contributed by atoms with Crippen LogP contribution in [0.1, 0.15) is 97.8 Å². The molecule has 4 rings (SSSR count). The van der Waals surface area contributed by atoms with Crippen molar-refractivity contribution in [2.24, 2.45) is 69.3 Å². The molecule has 0 aromatic rings. The van der Waals surface area contributed by atoms with Gasteiger partial charge in [-0.2, -0.15) is 0 Å². The molecule has 0 saturated heterocycles. The molecule has 0 radical (unpaired) electrons. The summed E-state index contributed by atoms with van der Waals surface area (Å²) < 4.78 is 20.1. The lowest BCUT2D eigenvalue weighted by atomic mass is 9.43. The highest BCUT2D eigenvalue weighted by Gasteiger charge is 2.66. The van der Waals surface area contributed by atoms with Gasteiger partial charge in [-0.05, 0) is 144 Å². The fourth-order valence-corrected chi connectivity index (χ4v) is 10.2. The molecular weight excluding hydrogens is 500 g/mol. The van der Waals surface area contributed by atoms with Gasteiger partial charge in [0, 0.05) is 25.2 Å². The minimum Gasteiger partial charge on any atom is -0.378 e. The number of hydrogen-bond acceptors (Lipinski definition) is 7.